The lowest BCUT2D eigenvalue weighted by molar-refractivity contribution is -0.139. The van der Waals surface area contributed by atoms with Gasteiger partial charge in [0.25, 0.3) is 5.56 Å². The predicted octanol–water partition coefficient (Wildman–Crippen LogP) is 6.14. The summed E-state index contributed by atoms with van der Waals surface area (Å²) in [5, 5.41) is 0.338. The monoisotopic (exact) mass is 676 g/mol. The minimum atomic E-state index is -0.815. The number of methoxy groups -OCH3 is 2. The zero-order chi connectivity index (χ0) is 33.8. The molecule has 0 N–H and O–H groups in total. The second kappa shape index (κ2) is 14.5. The van der Waals surface area contributed by atoms with Crippen molar-refractivity contribution in [3.8, 4) is 23.0 Å². The Balaban J connectivity index is 1.59. The van der Waals surface area contributed by atoms with Crippen molar-refractivity contribution < 1.29 is 28.5 Å². The fraction of sp³-hybridized carbons (Fsp3) is 0.306. The molecule has 4 aromatic rings. The van der Waals surface area contributed by atoms with Crippen LogP contribution in [0.3, 0.4) is 0 Å². The van der Waals surface area contributed by atoms with Crippen molar-refractivity contribution >= 4 is 35.0 Å². The molecule has 1 aliphatic rings. The van der Waals surface area contributed by atoms with Crippen LogP contribution in [0.1, 0.15) is 56.0 Å². The Hall–Kier alpha value is -4.54. The van der Waals surface area contributed by atoms with Crippen LogP contribution in [0.2, 0.25) is 5.02 Å². The topological polar surface area (TPSA) is 97.6 Å². The summed E-state index contributed by atoms with van der Waals surface area (Å²) in [6.45, 7) is 9.83. The maximum absolute atomic E-state index is 14.2. The normalized spacial score (nSPS) is 14.5. The standard InChI is InChI=1S/C36H37ClN2O7S/c1-8-44-35(41)31-22(5)38-36-39(32(31)25-13-14-27(46-20(2)3)28(18-25)42-6)34(40)30(47-36)17-24-15-26(37)33(29(16-24)43-7)45-19-23-11-9-21(4)10-12-23/h9-18,20,32H,8,19H2,1-7H3/b30-17-/t32-/m1/s1. The van der Waals surface area contributed by atoms with Crippen molar-refractivity contribution in [1.29, 1.82) is 0 Å². The maximum Gasteiger partial charge on any atom is 0.338 e. The van der Waals surface area contributed by atoms with Gasteiger partial charge in [-0.1, -0.05) is 58.8 Å². The number of halogens is 1. The first-order valence-corrected chi connectivity index (χ1v) is 16.3. The van der Waals surface area contributed by atoms with E-state index < -0.39 is 12.0 Å². The lowest BCUT2D eigenvalue weighted by atomic mass is 9.95. The fourth-order valence-electron chi connectivity index (χ4n) is 5.27. The van der Waals surface area contributed by atoms with Gasteiger partial charge in [-0.15, -0.1) is 0 Å². The molecule has 2 heterocycles. The van der Waals surface area contributed by atoms with E-state index in [1.807, 2.05) is 51.1 Å². The van der Waals surface area contributed by atoms with E-state index in [0.717, 1.165) is 11.1 Å². The summed E-state index contributed by atoms with van der Waals surface area (Å²) in [5.74, 6) is 1.31. The van der Waals surface area contributed by atoms with Crippen LogP contribution in [0.5, 0.6) is 23.0 Å². The second-order valence-corrected chi connectivity index (χ2v) is 12.6. The third-order valence-electron chi connectivity index (χ3n) is 7.44. The van der Waals surface area contributed by atoms with Crippen LogP contribution >= 0.6 is 22.9 Å². The maximum atomic E-state index is 14.2. The van der Waals surface area contributed by atoms with Crippen molar-refractivity contribution in [2.75, 3.05) is 20.8 Å². The van der Waals surface area contributed by atoms with Crippen molar-refractivity contribution in [3.63, 3.8) is 0 Å². The molecule has 1 aromatic heterocycles. The van der Waals surface area contributed by atoms with E-state index in [0.29, 0.717) is 60.8 Å². The van der Waals surface area contributed by atoms with Crippen molar-refractivity contribution in [3.05, 3.63) is 113 Å². The number of carbonyl (C=O) groups excluding carboxylic acids is 1. The number of aromatic nitrogens is 1. The number of ether oxygens (including phenoxy) is 5. The van der Waals surface area contributed by atoms with Crippen LogP contribution in [0.4, 0.5) is 0 Å². The van der Waals surface area contributed by atoms with E-state index in [2.05, 4.69) is 4.99 Å². The van der Waals surface area contributed by atoms with Gasteiger partial charge in [-0.25, -0.2) is 9.79 Å². The number of nitrogens with zero attached hydrogens (tertiary/aromatic N) is 2. The molecule has 0 fully saturated rings. The number of hydrogen-bond acceptors (Lipinski definition) is 9. The molecule has 9 nitrogen and oxygen atoms in total. The quantitative estimate of drug-likeness (QED) is 0.176. The predicted molar refractivity (Wildman–Crippen MR) is 183 cm³/mol. The lowest BCUT2D eigenvalue weighted by Crippen LogP contribution is -2.40. The molecule has 0 saturated carbocycles. The summed E-state index contributed by atoms with van der Waals surface area (Å²) in [6, 6.07) is 16.1. The van der Waals surface area contributed by atoms with E-state index in [-0.39, 0.29) is 23.8 Å². The molecule has 246 valence electrons. The molecule has 0 unspecified atom stereocenters. The number of carbonyl (C=O) groups is 1. The van der Waals surface area contributed by atoms with Gasteiger partial charge in [-0.2, -0.15) is 0 Å². The Morgan fingerprint density at radius 2 is 1.74 bits per heavy atom. The van der Waals surface area contributed by atoms with Gasteiger partial charge in [0.2, 0.25) is 0 Å². The highest BCUT2D eigenvalue weighted by Gasteiger charge is 2.34. The van der Waals surface area contributed by atoms with E-state index in [9.17, 15) is 9.59 Å². The number of benzene rings is 3. The zero-order valence-electron chi connectivity index (χ0n) is 27.4. The molecule has 0 aliphatic carbocycles. The Labute approximate surface area is 282 Å². The average Bonchev–Trinajstić information content (AvgIpc) is 3.34. The van der Waals surface area contributed by atoms with Gasteiger partial charge < -0.3 is 23.7 Å². The molecule has 0 spiro atoms. The molecule has 5 rings (SSSR count). The van der Waals surface area contributed by atoms with E-state index in [1.54, 1.807) is 51.3 Å². The van der Waals surface area contributed by atoms with Crippen LogP contribution in [0, 0.1) is 6.92 Å². The van der Waals surface area contributed by atoms with Gasteiger partial charge in [0, 0.05) is 0 Å². The first kappa shape index (κ1) is 33.8. The zero-order valence-corrected chi connectivity index (χ0v) is 29.0. The Bertz CT molecular complexity index is 2010. The second-order valence-electron chi connectivity index (χ2n) is 11.2. The number of rotatable bonds is 11. The number of allylic oxidation sites excluding steroid dienone is 1. The highest BCUT2D eigenvalue weighted by atomic mass is 35.5. The van der Waals surface area contributed by atoms with E-state index in [1.165, 1.54) is 23.0 Å². The molecule has 3 aromatic carbocycles. The molecule has 0 radical (unpaired) electrons. The molecule has 1 aliphatic heterocycles. The number of esters is 1. The van der Waals surface area contributed by atoms with Crippen molar-refractivity contribution in [2.45, 2.75) is 53.4 Å². The van der Waals surface area contributed by atoms with Crippen LogP contribution in [0.25, 0.3) is 6.08 Å². The minimum absolute atomic E-state index is 0.0781. The van der Waals surface area contributed by atoms with Crippen molar-refractivity contribution in [2.24, 2.45) is 4.99 Å². The Morgan fingerprint density at radius 3 is 2.40 bits per heavy atom. The smallest absolute Gasteiger partial charge is 0.338 e. The molecule has 0 saturated heterocycles. The van der Waals surface area contributed by atoms with E-state index >= 15 is 0 Å². The lowest BCUT2D eigenvalue weighted by Gasteiger charge is -2.25. The summed E-state index contributed by atoms with van der Waals surface area (Å²) in [4.78, 5) is 32.6. The number of thiazole rings is 1. The largest absolute Gasteiger partial charge is 0.493 e. The molecule has 0 amide bonds. The minimum Gasteiger partial charge on any atom is -0.493 e. The Kier molecular flexibility index (Phi) is 10.4. The summed E-state index contributed by atoms with van der Waals surface area (Å²) in [5.41, 5.74) is 3.83. The molecule has 0 bridgehead atoms. The molecular formula is C36H37ClN2O7S. The molecule has 1 atom stereocenters. The molecule has 11 heteroatoms. The number of fused-ring (bicyclic) bond motifs is 1. The number of hydrogen-bond donors (Lipinski definition) is 0. The Morgan fingerprint density at radius 1 is 1.02 bits per heavy atom. The van der Waals surface area contributed by atoms with Gasteiger partial charge in [-0.3, -0.25) is 9.36 Å². The highest BCUT2D eigenvalue weighted by Crippen LogP contribution is 2.38. The van der Waals surface area contributed by atoms with Gasteiger partial charge in [-0.05, 0) is 81.7 Å². The van der Waals surface area contributed by atoms with Crippen LogP contribution in [-0.4, -0.2) is 37.5 Å². The summed E-state index contributed by atoms with van der Waals surface area (Å²) >= 11 is 7.90. The fourth-order valence-corrected chi connectivity index (χ4v) is 6.59. The molecule has 47 heavy (non-hydrogen) atoms. The van der Waals surface area contributed by atoms with Crippen molar-refractivity contribution in [1.82, 2.24) is 4.57 Å². The SMILES string of the molecule is CCOC(=O)C1=C(C)N=c2s/c(=C\c3cc(Cl)c(OCc4ccc(C)cc4)c(OC)c3)c(=O)n2[C@@H]1c1ccc(OC(C)C)c(OC)c1. The third-order valence-corrected chi connectivity index (χ3v) is 8.70. The van der Waals surface area contributed by atoms with Crippen LogP contribution in [-0.2, 0) is 16.1 Å². The first-order valence-electron chi connectivity index (χ1n) is 15.1. The third kappa shape index (κ3) is 7.24. The average molecular weight is 677 g/mol. The summed E-state index contributed by atoms with van der Waals surface area (Å²) in [7, 11) is 3.08. The van der Waals surface area contributed by atoms with Gasteiger partial charge in [0.1, 0.15) is 6.61 Å². The number of aryl methyl sites for hydroxylation is 1. The van der Waals surface area contributed by atoms with Crippen LogP contribution < -0.4 is 33.8 Å². The summed E-state index contributed by atoms with van der Waals surface area (Å²) < 4.78 is 30.5. The van der Waals surface area contributed by atoms with Crippen LogP contribution in [0.15, 0.2) is 75.7 Å². The van der Waals surface area contributed by atoms with Gasteiger partial charge >= 0.3 is 5.97 Å². The highest BCUT2D eigenvalue weighted by molar-refractivity contribution is 7.07. The van der Waals surface area contributed by atoms with Gasteiger partial charge in [0.05, 0.1) is 53.8 Å². The molecular weight excluding hydrogens is 640 g/mol. The van der Waals surface area contributed by atoms with Gasteiger partial charge in [0.15, 0.2) is 27.8 Å². The summed E-state index contributed by atoms with van der Waals surface area (Å²) in [6.07, 6.45) is 1.65. The first-order chi connectivity index (χ1) is 22.5. The van der Waals surface area contributed by atoms with E-state index in [4.69, 9.17) is 35.3 Å².